The summed E-state index contributed by atoms with van der Waals surface area (Å²) in [6.45, 7) is 8.20. The standard InChI is InChI=1S/C20H20OP.C17H24O5.C14H16O3.C14H18O2.C13H14O2.C8H12O3.C7H7BrO.C4H8O.C2H5ClO.ClH/c1-21-17-22(18-11-5-2-6-12-18,19-13-7-3-8-14-19)20-15-9-4-10-16-20;1-19-13-20-12-14-4-2-3-5-15(14)16(18)6-8-17(9-7-16)21-10-11-22-17;15-12-5-7-14(8-6-12)13-4-2-1-3-11(13)9-16-10-17-14;15-9-11-5-7-14(8-6-11)13-4-2-1-3-12(13)10-16-14;14-11-5-7-13(8-6-11)12-4-2-1-3-10(12)9-15-13;9-7-1-3-8(4-2-7)10-5-6-11-8;8-7-4-2-1-3-6(7)5-9;1-2-4-5-3-1;1-4-2-3;/h2-16H,17H2,1H3;2-5,18H,6-13H2,1H3;1-4H,5-10H2;1-4,11,15H,5-10H2;1-4H,5-9H2;1-6H2;1-4,9H,5H2;1-4H2;2H2,1H3;1H/q+1;;;;;;;;;/p-1. The van der Waals surface area contributed by atoms with E-state index in [-0.39, 0.29) is 48.4 Å². The summed E-state index contributed by atoms with van der Waals surface area (Å²) in [5.41, 5.74) is 9.36. The topological polar surface area (TPSA) is 232 Å². The third-order valence-electron chi connectivity index (χ3n) is 24.6. The molecule has 0 aromatic heterocycles. The van der Waals surface area contributed by atoms with E-state index in [0.717, 1.165) is 118 Å². The van der Waals surface area contributed by atoms with E-state index in [1.165, 1.54) is 62.1 Å². The molecular formula is C99H124BrCl2O19P. The van der Waals surface area contributed by atoms with Gasteiger partial charge in [-0.25, -0.2) is 0 Å². The second kappa shape index (κ2) is 49.7. The maximum absolute atomic E-state index is 11.4. The van der Waals surface area contributed by atoms with Gasteiger partial charge in [0.25, 0.3) is 0 Å². The van der Waals surface area contributed by atoms with Crippen LogP contribution in [0.4, 0.5) is 0 Å². The van der Waals surface area contributed by atoms with Gasteiger partial charge in [0.2, 0.25) is 0 Å². The zero-order valence-corrected chi connectivity index (χ0v) is 75.1. The highest BCUT2D eigenvalue weighted by Gasteiger charge is 2.49. The van der Waals surface area contributed by atoms with Crippen LogP contribution in [0.15, 0.2) is 217 Å². The number of rotatable bonds is 13. The Balaban J connectivity index is 0.000000148. The summed E-state index contributed by atoms with van der Waals surface area (Å²) in [7, 11) is 3.17. The maximum Gasteiger partial charge on any atom is 0.170 e. The minimum Gasteiger partial charge on any atom is -1.00 e. The van der Waals surface area contributed by atoms with Crippen LogP contribution in [0.5, 0.6) is 0 Å². The van der Waals surface area contributed by atoms with E-state index in [1.54, 1.807) is 21.3 Å². The number of carbonyl (C=O) groups is 3. The minimum atomic E-state index is -1.78. The second-order valence-corrected chi connectivity index (χ2v) is 36.7. The molecule has 19 rings (SSSR count). The molecule has 8 aromatic carbocycles. The Kier molecular flexibility index (Phi) is 39.8. The monoisotopic (exact) mass is 1800 g/mol. The first kappa shape index (κ1) is 97.8. The number of Topliss-reactive ketones (excluding diaryl/α,β-unsaturated/α-hetero) is 3. The quantitative estimate of drug-likeness (QED) is 0.0421. The van der Waals surface area contributed by atoms with Crippen molar-refractivity contribution in [2.45, 2.75) is 208 Å². The molecule has 0 unspecified atom stereocenters. The normalized spacial score (nSPS) is 20.4. The predicted molar refractivity (Wildman–Crippen MR) is 474 cm³/mol. The molecule has 5 aliphatic carbocycles. The van der Waals surface area contributed by atoms with E-state index in [1.807, 2.05) is 60.7 Å². The molecular weight excluding hydrogens is 1670 g/mol. The number of fused-ring (bicyclic) bond motifs is 6. The van der Waals surface area contributed by atoms with Crippen molar-refractivity contribution in [1.29, 1.82) is 0 Å². The van der Waals surface area contributed by atoms with E-state index in [0.29, 0.717) is 147 Å². The molecule has 122 heavy (non-hydrogen) atoms. The number of hydrogen-bond acceptors (Lipinski definition) is 19. The zero-order chi connectivity index (χ0) is 85.1. The van der Waals surface area contributed by atoms with Crippen LogP contribution in [0.2, 0.25) is 0 Å². The third kappa shape index (κ3) is 26.4. The van der Waals surface area contributed by atoms with Crippen LogP contribution < -0.4 is 28.3 Å². The van der Waals surface area contributed by atoms with Crippen molar-refractivity contribution in [2.24, 2.45) is 5.92 Å². The van der Waals surface area contributed by atoms with Gasteiger partial charge in [-0.2, -0.15) is 0 Å². The van der Waals surface area contributed by atoms with Gasteiger partial charge in [-0.05, 0) is 176 Å². The van der Waals surface area contributed by atoms with E-state index >= 15 is 0 Å². The molecule has 11 aliphatic rings. The van der Waals surface area contributed by atoms with Gasteiger partial charge in [0.1, 0.15) is 60.2 Å². The van der Waals surface area contributed by atoms with Crippen molar-refractivity contribution in [3.8, 4) is 0 Å². The molecule has 6 aliphatic heterocycles. The van der Waals surface area contributed by atoms with E-state index in [4.69, 9.17) is 73.5 Å². The van der Waals surface area contributed by atoms with E-state index in [2.05, 4.69) is 172 Å². The molecule has 6 heterocycles. The lowest BCUT2D eigenvalue weighted by atomic mass is 9.75. The van der Waals surface area contributed by atoms with Gasteiger partial charge >= 0.3 is 0 Å². The highest BCUT2D eigenvalue weighted by molar-refractivity contribution is 9.10. The summed E-state index contributed by atoms with van der Waals surface area (Å²) in [6, 6.07) is 73.3. The minimum absolute atomic E-state index is 0. The molecule has 5 spiro atoms. The summed E-state index contributed by atoms with van der Waals surface area (Å²) >= 11 is 8.26. The largest absolute Gasteiger partial charge is 1.00 e. The summed E-state index contributed by atoms with van der Waals surface area (Å²) < 4.78 is 72.1. The number of carbonyl (C=O) groups excluding carboxylic acids is 3. The number of aliphatic hydroxyl groups excluding tert-OH is 2. The van der Waals surface area contributed by atoms with Crippen LogP contribution in [0.1, 0.15) is 191 Å². The first-order chi connectivity index (χ1) is 59.1. The fourth-order valence-electron chi connectivity index (χ4n) is 17.9. The van der Waals surface area contributed by atoms with Gasteiger partial charge in [-0.15, -0.1) is 0 Å². The molecule has 8 fully saturated rings. The van der Waals surface area contributed by atoms with Crippen molar-refractivity contribution in [3.05, 3.63) is 267 Å². The number of methoxy groups -OCH3 is 3. The lowest BCUT2D eigenvalue weighted by Gasteiger charge is -2.41. The van der Waals surface area contributed by atoms with Gasteiger partial charge in [-0.1, -0.05) is 197 Å². The van der Waals surface area contributed by atoms with Crippen molar-refractivity contribution in [2.75, 3.05) is 93.6 Å². The van der Waals surface area contributed by atoms with Crippen LogP contribution in [0, 0.1) is 5.92 Å². The maximum atomic E-state index is 11.4. The van der Waals surface area contributed by atoms with E-state index in [9.17, 15) is 24.6 Å². The Hall–Kier alpha value is -6.38. The van der Waals surface area contributed by atoms with Crippen LogP contribution in [-0.4, -0.2) is 138 Å². The van der Waals surface area contributed by atoms with Crippen molar-refractivity contribution >= 4 is 68.1 Å². The van der Waals surface area contributed by atoms with Gasteiger partial charge < -0.3 is 89.3 Å². The summed E-state index contributed by atoms with van der Waals surface area (Å²) in [5, 5.41) is 33.1. The molecule has 3 N–H and O–H groups in total. The van der Waals surface area contributed by atoms with Gasteiger partial charge in [-0.3, -0.25) is 14.4 Å². The number of halogens is 3. The summed E-state index contributed by atoms with van der Waals surface area (Å²) in [4.78, 5) is 33.6. The average molecular weight is 1800 g/mol. The van der Waals surface area contributed by atoms with Crippen molar-refractivity contribution in [3.63, 3.8) is 0 Å². The Morgan fingerprint density at radius 3 is 1.20 bits per heavy atom. The molecule has 8 aromatic rings. The first-order valence-electron chi connectivity index (χ1n) is 42.9. The van der Waals surface area contributed by atoms with Crippen LogP contribution in [-0.2, 0) is 131 Å². The van der Waals surface area contributed by atoms with Gasteiger partial charge in [0, 0.05) is 110 Å². The molecule has 0 amide bonds. The molecule has 0 radical (unpaired) electrons. The fourth-order valence-corrected chi connectivity index (χ4v) is 22.0. The molecule has 19 nitrogen and oxygen atoms in total. The fraction of sp³-hybridized carbons (Fsp3) is 0.485. The lowest BCUT2D eigenvalue weighted by molar-refractivity contribution is -0.204. The second-order valence-electron chi connectivity index (χ2n) is 32.2. The smallest absolute Gasteiger partial charge is 0.170 e. The number of ketones is 3. The average Bonchev–Trinajstić information content (AvgIpc) is 1.23. The highest BCUT2D eigenvalue weighted by Crippen LogP contribution is 2.56. The molecule has 5 saturated carbocycles. The zero-order valence-electron chi connectivity index (χ0n) is 71.1. The van der Waals surface area contributed by atoms with E-state index < -0.39 is 18.7 Å². The third-order valence-corrected chi connectivity index (χ3v) is 29.8. The highest BCUT2D eigenvalue weighted by atomic mass is 79.9. The van der Waals surface area contributed by atoms with Crippen LogP contribution in [0.25, 0.3) is 0 Å². The SMILES string of the molecule is C1CCOC1.COCCl.COCOCc1ccccc1C1(O)CCC2(CC1)OCCO2.COC[P+](c1ccccc1)(c1ccccc1)c1ccccc1.O=C1CCC2(CC1)OCCO2.O=C1CCC2(CC1)OCOCc1ccccc12.O=C1CCC2(CC1)OCc1ccccc12.OCC1CCC2(CC1)OCc1ccccc12.OCc1ccccc1Br.[Cl-]. The Morgan fingerprint density at radius 2 is 0.803 bits per heavy atom. The molecule has 660 valence electrons. The number of alkyl halides is 1. The summed E-state index contributed by atoms with van der Waals surface area (Å²) in [5.74, 6) is 0.731. The predicted octanol–water partition coefficient (Wildman–Crippen LogP) is 15.0. The molecule has 0 atom stereocenters. The number of ether oxygens (including phenoxy) is 13. The van der Waals surface area contributed by atoms with Gasteiger partial charge in [0.05, 0.1) is 81.9 Å². The molecule has 0 bridgehead atoms. The number of benzene rings is 8. The molecule has 3 saturated heterocycles. The van der Waals surface area contributed by atoms with Crippen molar-refractivity contribution in [1.82, 2.24) is 0 Å². The molecule has 23 heteroatoms. The first-order valence-corrected chi connectivity index (χ1v) is 46.2. The lowest BCUT2D eigenvalue weighted by Crippen LogP contribution is -3.00. The Bertz CT molecular complexity index is 4280. The summed E-state index contributed by atoms with van der Waals surface area (Å²) in [6.07, 6.45) is 18.9. The van der Waals surface area contributed by atoms with Crippen molar-refractivity contribution < 1.29 is 104 Å². The van der Waals surface area contributed by atoms with Crippen LogP contribution >= 0.6 is 34.8 Å². The number of aliphatic hydroxyl groups is 3. The Morgan fingerprint density at radius 1 is 0.418 bits per heavy atom. The van der Waals surface area contributed by atoms with Gasteiger partial charge in [0.15, 0.2) is 17.9 Å². The van der Waals surface area contributed by atoms with Crippen LogP contribution in [0.3, 0.4) is 0 Å². The Labute approximate surface area is 741 Å². The number of hydrogen-bond donors (Lipinski definition) is 3.